The molecule has 0 heterocycles. The highest BCUT2D eigenvalue weighted by Crippen LogP contribution is 2.31. The van der Waals surface area contributed by atoms with Crippen LogP contribution in [-0.4, -0.2) is 5.78 Å². The molecule has 2 aromatic rings. The van der Waals surface area contributed by atoms with Crippen LogP contribution < -0.4 is 10.5 Å². The minimum atomic E-state index is -0.354. The minimum Gasteiger partial charge on any atom is -0.486 e. The van der Waals surface area contributed by atoms with Crippen LogP contribution >= 0.6 is 15.9 Å². The molecule has 0 saturated heterocycles. The number of hydrogen-bond acceptors (Lipinski definition) is 3. The predicted molar refractivity (Wildman–Crippen MR) is 79.3 cm³/mol. The summed E-state index contributed by atoms with van der Waals surface area (Å²) in [6.07, 6.45) is 0. The largest absolute Gasteiger partial charge is 0.486 e. The lowest BCUT2D eigenvalue weighted by Crippen LogP contribution is -2.06. The maximum atomic E-state index is 13.5. The van der Waals surface area contributed by atoms with Gasteiger partial charge in [0, 0.05) is 10.0 Å². The van der Waals surface area contributed by atoms with Crippen molar-refractivity contribution in [3.05, 3.63) is 57.8 Å². The van der Waals surface area contributed by atoms with Crippen LogP contribution in [0.15, 0.2) is 40.9 Å². The Morgan fingerprint density at radius 1 is 1.35 bits per heavy atom. The zero-order valence-corrected chi connectivity index (χ0v) is 12.4. The highest BCUT2D eigenvalue weighted by molar-refractivity contribution is 9.10. The van der Waals surface area contributed by atoms with E-state index in [0.29, 0.717) is 21.3 Å². The number of ketones is 1. The molecular formula is C15H13BrFNO2. The normalized spacial score (nSPS) is 10.3. The third-order valence-electron chi connectivity index (χ3n) is 2.79. The van der Waals surface area contributed by atoms with E-state index in [1.165, 1.54) is 13.0 Å². The Hall–Kier alpha value is -1.88. The summed E-state index contributed by atoms with van der Waals surface area (Å²) in [6, 6.07) is 9.58. The van der Waals surface area contributed by atoms with Gasteiger partial charge in [0.1, 0.15) is 12.4 Å². The maximum Gasteiger partial charge on any atom is 0.163 e. The molecule has 2 rings (SSSR count). The van der Waals surface area contributed by atoms with Crippen LogP contribution in [0.1, 0.15) is 22.8 Å². The molecule has 0 spiro atoms. The van der Waals surface area contributed by atoms with Crippen molar-refractivity contribution in [1.29, 1.82) is 0 Å². The van der Waals surface area contributed by atoms with E-state index in [1.807, 2.05) is 0 Å². The van der Waals surface area contributed by atoms with Gasteiger partial charge < -0.3 is 10.5 Å². The second-order valence-corrected chi connectivity index (χ2v) is 5.22. The molecule has 0 radical (unpaired) electrons. The van der Waals surface area contributed by atoms with E-state index in [-0.39, 0.29) is 24.0 Å². The number of nitrogens with two attached hydrogens (primary N) is 1. The van der Waals surface area contributed by atoms with E-state index in [9.17, 15) is 9.18 Å². The van der Waals surface area contributed by atoms with E-state index in [4.69, 9.17) is 10.5 Å². The van der Waals surface area contributed by atoms with Gasteiger partial charge in [-0.1, -0.05) is 34.1 Å². The first-order valence-corrected chi connectivity index (χ1v) is 6.74. The van der Waals surface area contributed by atoms with Gasteiger partial charge in [0.2, 0.25) is 0 Å². The van der Waals surface area contributed by atoms with Crippen molar-refractivity contribution >= 4 is 27.4 Å². The number of Topliss-reactive ketones (excluding diaryl/α,β-unsaturated/α-hetero) is 1. The Balaban J connectivity index is 2.30. The molecule has 0 atom stereocenters. The molecule has 0 saturated carbocycles. The zero-order chi connectivity index (χ0) is 14.7. The number of nitrogen functional groups attached to an aromatic ring is 1. The standard InChI is InChI=1S/C15H13BrFNO2/c1-9(19)12-6-11(16)7-14(18)15(12)20-8-10-4-2-3-5-13(10)17/h2-7H,8,18H2,1H3. The topological polar surface area (TPSA) is 52.3 Å². The van der Waals surface area contributed by atoms with Crippen molar-refractivity contribution in [3.8, 4) is 5.75 Å². The lowest BCUT2D eigenvalue weighted by molar-refractivity contribution is 0.101. The van der Waals surface area contributed by atoms with Gasteiger partial charge in [-0.05, 0) is 25.1 Å². The van der Waals surface area contributed by atoms with Crippen molar-refractivity contribution in [1.82, 2.24) is 0 Å². The van der Waals surface area contributed by atoms with Crippen LogP contribution in [0.25, 0.3) is 0 Å². The Morgan fingerprint density at radius 2 is 2.05 bits per heavy atom. The first kappa shape index (κ1) is 14.5. The molecule has 0 amide bonds. The zero-order valence-electron chi connectivity index (χ0n) is 10.8. The summed E-state index contributed by atoms with van der Waals surface area (Å²) in [5.74, 6) is -0.238. The van der Waals surface area contributed by atoms with Crippen LogP contribution in [0.2, 0.25) is 0 Å². The molecule has 0 fully saturated rings. The SMILES string of the molecule is CC(=O)c1cc(Br)cc(N)c1OCc1ccccc1F. The van der Waals surface area contributed by atoms with Gasteiger partial charge >= 0.3 is 0 Å². The van der Waals surface area contributed by atoms with Crippen LogP contribution in [0.5, 0.6) is 5.75 Å². The molecule has 0 aliphatic carbocycles. The molecule has 0 aromatic heterocycles. The molecular weight excluding hydrogens is 325 g/mol. The minimum absolute atomic E-state index is 0.0127. The number of carbonyl (C=O) groups excluding carboxylic acids is 1. The molecule has 0 aliphatic rings. The molecule has 3 nitrogen and oxygen atoms in total. The van der Waals surface area contributed by atoms with Gasteiger partial charge in [0.05, 0.1) is 11.3 Å². The average molecular weight is 338 g/mol. The summed E-state index contributed by atoms with van der Waals surface area (Å²) >= 11 is 3.28. The number of carbonyl (C=O) groups is 1. The summed E-state index contributed by atoms with van der Waals surface area (Å²) in [7, 11) is 0. The number of benzene rings is 2. The Bertz CT molecular complexity index is 658. The van der Waals surface area contributed by atoms with Gasteiger partial charge in [-0.15, -0.1) is 0 Å². The highest BCUT2D eigenvalue weighted by Gasteiger charge is 2.14. The average Bonchev–Trinajstić information content (AvgIpc) is 2.38. The molecule has 2 aromatic carbocycles. The summed E-state index contributed by atoms with van der Waals surface area (Å²) < 4.78 is 19.8. The Kier molecular flexibility index (Phi) is 4.39. The Labute approximate surface area is 124 Å². The number of rotatable bonds is 4. The second-order valence-electron chi connectivity index (χ2n) is 4.31. The second kappa shape index (κ2) is 6.05. The van der Waals surface area contributed by atoms with Gasteiger partial charge in [0.15, 0.2) is 11.5 Å². The summed E-state index contributed by atoms with van der Waals surface area (Å²) in [6.45, 7) is 1.44. The first-order chi connectivity index (χ1) is 9.49. The van der Waals surface area contributed by atoms with Crippen molar-refractivity contribution < 1.29 is 13.9 Å². The molecule has 0 aliphatic heterocycles. The highest BCUT2D eigenvalue weighted by atomic mass is 79.9. The number of hydrogen-bond donors (Lipinski definition) is 1. The van der Waals surface area contributed by atoms with Crippen LogP contribution in [0.3, 0.4) is 0 Å². The van der Waals surface area contributed by atoms with Crippen molar-refractivity contribution in [2.75, 3.05) is 5.73 Å². The van der Waals surface area contributed by atoms with Gasteiger partial charge in [0.25, 0.3) is 0 Å². The summed E-state index contributed by atoms with van der Waals surface area (Å²) in [5, 5.41) is 0. The molecule has 20 heavy (non-hydrogen) atoms. The molecule has 104 valence electrons. The quantitative estimate of drug-likeness (QED) is 0.678. The fourth-order valence-electron chi connectivity index (χ4n) is 1.80. The van der Waals surface area contributed by atoms with Crippen molar-refractivity contribution in [2.24, 2.45) is 0 Å². The van der Waals surface area contributed by atoms with Gasteiger partial charge in [-0.2, -0.15) is 0 Å². The van der Waals surface area contributed by atoms with E-state index < -0.39 is 0 Å². The van der Waals surface area contributed by atoms with E-state index >= 15 is 0 Å². The van der Waals surface area contributed by atoms with Gasteiger partial charge in [-0.25, -0.2) is 4.39 Å². The molecule has 2 N–H and O–H groups in total. The third kappa shape index (κ3) is 3.17. The summed E-state index contributed by atoms with van der Waals surface area (Å²) in [5.41, 5.74) is 6.97. The lowest BCUT2D eigenvalue weighted by Gasteiger charge is -2.13. The molecule has 0 bridgehead atoms. The van der Waals surface area contributed by atoms with E-state index in [0.717, 1.165) is 0 Å². The number of ether oxygens (including phenoxy) is 1. The Morgan fingerprint density at radius 3 is 2.70 bits per heavy atom. The van der Waals surface area contributed by atoms with Crippen LogP contribution in [0.4, 0.5) is 10.1 Å². The van der Waals surface area contributed by atoms with Gasteiger partial charge in [-0.3, -0.25) is 4.79 Å². The number of anilines is 1. The molecule has 5 heteroatoms. The maximum absolute atomic E-state index is 13.5. The van der Waals surface area contributed by atoms with Crippen molar-refractivity contribution in [3.63, 3.8) is 0 Å². The van der Waals surface area contributed by atoms with E-state index in [2.05, 4.69) is 15.9 Å². The van der Waals surface area contributed by atoms with Crippen LogP contribution in [0, 0.1) is 5.82 Å². The predicted octanol–water partition coefficient (Wildman–Crippen LogP) is 3.95. The smallest absolute Gasteiger partial charge is 0.163 e. The fraction of sp³-hybridized carbons (Fsp3) is 0.133. The van der Waals surface area contributed by atoms with Crippen LogP contribution in [-0.2, 0) is 6.61 Å². The first-order valence-electron chi connectivity index (χ1n) is 5.95. The number of halogens is 2. The molecule has 0 unspecified atom stereocenters. The van der Waals surface area contributed by atoms with E-state index in [1.54, 1.807) is 30.3 Å². The fourth-order valence-corrected chi connectivity index (χ4v) is 2.28. The van der Waals surface area contributed by atoms with Crippen molar-refractivity contribution in [2.45, 2.75) is 13.5 Å². The lowest BCUT2D eigenvalue weighted by atomic mass is 10.1. The monoisotopic (exact) mass is 337 g/mol. The third-order valence-corrected chi connectivity index (χ3v) is 3.25. The summed E-state index contributed by atoms with van der Waals surface area (Å²) in [4.78, 5) is 11.6.